The van der Waals surface area contributed by atoms with E-state index in [2.05, 4.69) is 10.1 Å². The largest absolute Gasteiger partial charge is 0.494 e. The van der Waals surface area contributed by atoms with Crippen LogP contribution in [0.2, 0.25) is 5.02 Å². The van der Waals surface area contributed by atoms with Crippen molar-refractivity contribution in [1.29, 1.82) is 0 Å². The van der Waals surface area contributed by atoms with Crippen LogP contribution in [0.1, 0.15) is 10.5 Å². The highest BCUT2D eigenvalue weighted by atomic mass is 35.5. The zero-order valence-corrected chi connectivity index (χ0v) is 17.9. The van der Waals surface area contributed by atoms with Crippen molar-refractivity contribution in [3.8, 4) is 5.75 Å². The Morgan fingerprint density at radius 2 is 2.04 bits per heavy atom. The number of methoxy groups -OCH3 is 1. The average molecular weight is 430 g/mol. The number of ether oxygens (including phenoxy) is 1. The van der Waals surface area contributed by atoms with Crippen molar-refractivity contribution < 1.29 is 9.53 Å². The molecule has 1 aromatic carbocycles. The summed E-state index contributed by atoms with van der Waals surface area (Å²) in [6, 6.07) is 5.25. The van der Waals surface area contributed by atoms with Gasteiger partial charge in [0, 0.05) is 26.3 Å². The summed E-state index contributed by atoms with van der Waals surface area (Å²) in [5.74, 6) is 0.436. The predicted octanol–water partition coefficient (Wildman–Crippen LogP) is 3.32. The van der Waals surface area contributed by atoms with Crippen LogP contribution in [0.3, 0.4) is 0 Å². The second-order valence-corrected chi connectivity index (χ2v) is 7.44. The van der Waals surface area contributed by atoms with E-state index in [1.165, 1.54) is 11.3 Å². The minimum atomic E-state index is -0.193. The molecule has 0 N–H and O–H groups in total. The van der Waals surface area contributed by atoms with Gasteiger partial charge in [-0.15, -0.1) is 12.4 Å². The van der Waals surface area contributed by atoms with Crippen molar-refractivity contribution in [3.63, 3.8) is 0 Å². The van der Waals surface area contributed by atoms with Crippen molar-refractivity contribution in [2.75, 3.05) is 39.2 Å². The van der Waals surface area contributed by atoms with Gasteiger partial charge in [-0.25, -0.2) is 4.98 Å². The molecule has 7 nitrogen and oxygen atoms in total. The quantitative estimate of drug-likeness (QED) is 0.601. The molecule has 0 unspecified atom stereocenters. The first-order chi connectivity index (χ1) is 12.4. The van der Waals surface area contributed by atoms with E-state index >= 15 is 0 Å². The maximum Gasteiger partial charge on any atom is 0.280 e. The molecule has 0 spiro atoms. The van der Waals surface area contributed by atoms with Crippen molar-refractivity contribution in [2.24, 2.45) is 7.05 Å². The molecule has 2 heterocycles. The van der Waals surface area contributed by atoms with Crippen LogP contribution in [0.25, 0.3) is 10.2 Å². The number of anilines is 1. The van der Waals surface area contributed by atoms with Crippen LogP contribution < -0.4 is 9.64 Å². The first-order valence-corrected chi connectivity index (χ1v) is 9.19. The molecular weight excluding hydrogens is 409 g/mol. The van der Waals surface area contributed by atoms with Gasteiger partial charge in [-0.2, -0.15) is 5.10 Å². The normalized spacial score (nSPS) is 10.9. The van der Waals surface area contributed by atoms with Crippen molar-refractivity contribution in [3.05, 3.63) is 35.1 Å². The Morgan fingerprint density at radius 1 is 1.30 bits per heavy atom. The summed E-state index contributed by atoms with van der Waals surface area (Å²) in [6.07, 6.45) is 1.75. The second kappa shape index (κ2) is 8.88. The molecule has 2 aromatic heterocycles. The predicted molar refractivity (Wildman–Crippen MR) is 112 cm³/mol. The Hall–Kier alpha value is -1.87. The zero-order chi connectivity index (χ0) is 18.8. The lowest BCUT2D eigenvalue weighted by Gasteiger charge is -2.21. The number of hydrogen-bond donors (Lipinski definition) is 0. The van der Waals surface area contributed by atoms with Gasteiger partial charge in [-0.1, -0.05) is 22.9 Å². The molecule has 10 heteroatoms. The van der Waals surface area contributed by atoms with Gasteiger partial charge in [0.15, 0.2) is 10.8 Å². The van der Waals surface area contributed by atoms with E-state index in [0.29, 0.717) is 40.2 Å². The highest BCUT2D eigenvalue weighted by Crippen LogP contribution is 2.38. The number of aryl methyl sites for hydroxylation is 1. The lowest BCUT2D eigenvalue weighted by Crippen LogP contribution is -2.37. The number of carbonyl (C=O) groups is 1. The Bertz CT molecular complexity index is 941. The third-order valence-electron chi connectivity index (χ3n) is 3.85. The van der Waals surface area contributed by atoms with Gasteiger partial charge in [-0.05, 0) is 32.3 Å². The molecule has 1 amide bonds. The molecule has 0 fully saturated rings. The smallest absolute Gasteiger partial charge is 0.280 e. The summed E-state index contributed by atoms with van der Waals surface area (Å²) in [5, 5.41) is 5.39. The Kier molecular flexibility index (Phi) is 7.05. The van der Waals surface area contributed by atoms with Crippen LogP contribution in [-0.2, 0) is 7.05 Å². The maximum absolute atomic E-state index is 13.0. The average Bonchev–Trinajstić information content (AvgIpc) is 3.22. The fraction of sp³-hybridized carbons (Fsp3) is 0.353. The Labute approximate surface area is 172 Å². The van der Waals surface area contributed by atoms with Crippen molar-refractivity contribution in [2.45, 2.75) is 0 Å². The summed E-state index contributed by atoms with van der Waals surface area (Å²) < 4.78 is 7.78. The molecule has 3 rings (SSSR count). The number of halogens is 2. The van der Waals surface area contributed by atoms with Crippen LogP contribution in [-0.4, -0.2) is 59.9 Å². The number of rotatable bonds is 6. The number of likely N-dealkylation sites (N-methyl/N-ethyl adjacent to an activating group) is 1. The van der Waals surface area contributed by atoms with E-state index in [9.17, 15) is 4.79 Å². The van der Waals surface area contributed by atoms with E-state index in [4.69, 9.17) is 16.3 Å². The van der Waals surface area contributed by atoms with Gasteiger partial charge in [-0.3, -0.25) is 14.4 Å². The van der Waals surface area contributed by atoms with Crippen LogP contribution in [0.15, 0.2) is 24.4 Å². The van der Waals surface area contributed by atoms with Crippen molar-refractivity contribution >= 4 is 56.6 Å². The molecule has 27 heavy (non-hydrogen) atoms. The number of thiazole rings is 1. The summed E-state index contributed by atoms with van der Waals surface area (Å²) in [6.45, 7) is 1.18. The lowest BCUT2D eigenvalue weighted by molar-refractivity contribution is 0.0979. The van der Waals surface area contributed by atoms with E-state index in [1.54, 1.807) is 48.1 Å². The summed E-state index contributed by atoms with van der Waals surface area (Å²) in [4.78, 5) is 21.3. The van der Waals surface area contributed by atoms with E-state index in [-0.39, 0.29) is 18.3 Å². The van der Waals surface area contributed by atoms with Gasteiger partial charge < -0.3 is 9.64 Å². The number of hydrogen-bond acceptors (Lipinski definition) is 6. The van der Waals surface area contributed by atoms with Crippen LogP contribution in [0.4, 0.5) is 5.13 Å². The molecule has 146 valence electrons. The maximum atomic E-state index is 13.0. The van der Waals surface area contributed by atoms with Gasteiger partial charge >= 0.3 is 0 Å². The molecule has 3 aromatic rings. The fourth-order valence-electron chi connectivity index (χ4n) is 2.47. The van der Waals surface area contributed by atoms with E-state index in [0.717, 1.165) is 4.70 Å². The van der Waals surface area contributed by atoms with Crippen molar-refractivity contribution in [1.82, 2.24) is 19.7 Å². The monoisotopic (exact) mass is 429 g/mol. The molecule has 0 bridgehead atoms. The summed E-state index contributed by atoms with van der Waals surface area (Å²) >= 11 is 7.69. The molecule has 0 saturated carbocycles. The summed E-state index contributed by atoms with van der Waals surface area (Å²) in [5.41, 5.74) is 1.03. The lowest BCUT2D eigenvalue weighted by atomic mass is 10.3. The SMILES string of the molecule is COc1ccc(Cl)c2sc(N(CCN(C)C)C(=O)c3ccn(C)n3)nc12.Cl. The number of amides is 1. The fourth-order valence-corrected chi connectivity index (χ4v) is 3.75. The highest BCUT2D eigenvalue weighted by molar-refractivity contribution is 7.23. The van der Waals surface area contributed by atoms with E-state index < -0.39 is 0 Å². The Morgan fingerprint density at radius 3 is 2.63 bits per heavy atom. The number of nitrogens with zero attached hydrogens (tertiary/aromatic N) is 5. The Balaban J connectivity index is 0.00000261. The minimum absolute atomic E-state index is 0. The first-order valence-electron chi connectivity index (χ1n) is 8.00. The number of carbonyl (C=O) groups excluding carboxylic acids is 1. The zero-order valence-electron chi connectivity index (χ0n) is 15.5. The highest BCUT2D eigenvalue weighted by Gasteiger charge is 2.24. The second-order valence-electron chi connectivity index (χ2n) is 6.06. The van der Waals surface area contributed by atoms with Crippen LogP contribution in [0.5, 0.6) is 5.75 Å². The molecule has 0 saturated heterocycles. The molecule has 0 radical (unpaired) electrons. The minimum Gasteiger partial charge on any atom is -0.494 e. The first kappa shape index (κ1) is 21.4. The molecule has 0 aliphatic heterocycles. The van der Waals surface area contributed by atoms with Crippen LogP contribution in [0, 0.1) is 0 Å². The van der Waals surface area contributed by atoms with E-state index in [1.807, 2.05) is 19.0 Å². The standard InChI is InChI=1S/C17H20ClN5O2S.ClH/c1-21(2)9-10-23(16(24)12-7-8-22(3)20-12)17-19-14-13(25-4)6-5-11(18)15(14)26-17;/h5-8H,9-10H2,1-4H3;1H. The van der Waals surface area contributed by atoms with Gasteiger partial charge in [0.1, 0.15) is 11.3 Å². The number of benzene rings is 1. The summed E-state index contributed by atoms with van der Waals surface area (Å²) in [7, 11) is 7.29. The van der Waals surface area contributed by atoms with Gasteiger partial charge in [0.25, 0.3) is 5.91 Å². The van der Waals surface area contributed by atoms with Gasteiger partial charge in [0.2, 0.25) is 0 Å². The molecular formula is C17H21Cl2N5O2S. The molecule has 0 aliphatic carbocycles. The third kappa shape index (κ3) is 4.52. The number of aromatic nitrogens is 3. The molecule has 0 aliphatic rings. The topological polar surface area (TPSA) is 63.5 Å². The van der Waals surface area contributed by atoms with Crippen LogP contribution >= 0.6 is 35.3 Å². The third-order valence-corrected chi connectivity index (χ3v) is 5.39. The van der Waals surface area contributed by atoms with Gasteiger partial charge in [0.05, 0.1) is 16.8 Å². The molecule has 0 atom stereocenters. The number of fused-ring (bicyclic) bond motifs is 1.